The predicted octanol–water partition coefficient (Wildman–Crippen LogP) is 2.32. The van der Waals surface area contributed by atoms with Crippen LogP contribution in [0.2, 0.25) is 0 Å². The molecule has 14 heavy (non-hydrogen) atoms. The molecule has 1 heterocycles. The van der Waals surface area contributed by atoms with Crippen molar-refractivity contribution in [2.24, 2.45) is 0 Å². The normalized spacial score (nSPS) is 22.4. The minimum Gasteiger partial charge on any atom is -0.211 e. The Hall–Kier alpha value is 0.390. The molecule has 84 valence electrons. The van der Waals surface area contributed by atoms with Gasteiger partial charge in [-0.1, -0.05) is 41.6 Å². The molecule has 0 saturated carbocycles. The molecular weight excluding hydrogens is 266 g/mol. The summed E-state index contributed by atoms with van der Waals surface area (Å²) in [5, 5.41) is 0. The van der Waals surface area contributed by atoms with Gasteiger partial charge < -0.3 is 0 Å². The highest BCUT2D eigenvalue weighted by atomic mass is 79.9. The van der Waals surface area contributed by atoms with Gasteiger partial charge in [0.1, 0.15) is 4.66 Å². The Kier molecular flexibility index (Phi) is 5.41. The lowest BCUT2D eigenvalue weighted by Crippen LogP contribution is -2.33. The van der Waals surface area contributed by atoms with E-state index in [0.717, 1.165) is 25.7 Å². The summed E-state index contributed by atoms with van der Waals surface area (Å²) >= 11 is 3.04. The lowest BCUT2D eigenvalue weighted by atomic mass is 10.1. The Morgan fingerprint density at radius 2 is 1.36 bits per heavy atom. The average molecular weight is 284 g/mol. The van der Waals surface area contributed by atoms with Crippen molar-refractivity contribution < 1.29 is 8.42 Å². The van der Waals surface area contributed by atoms with E-state index < -0.39 is 10.0 Å². The van der Waals surface area contributed by atoms with E-state index in [4.69, 9.17) is 0 Å². The highest BCUT2D eigenvalue weighted by molar-refractivity contribution is 9.10. The molecule has 0 atom stereocenters. The van der Waals surface area contributed by atoms with Gasteiger partial charge in [-0.3, -0.25) is 0 Å². The molecule has 0 unspecified atom stereocenters. The molecule has 0 aliphatic carbocycles. The molecule has 0 amide bonds. The molecule has 0 N–H and O–H groups in total. The zero-order chi connectivity index (χ0) is 10.4. The number of hydrogen-bond acceptors (Lipinski definition) is 2. The van der Waals surface area contributed by atoms with E-state index in [1.807, 2.05) is 0 Å². The molecular formula is C9H18BrNO2S. The number of halogens is 1. The number of rotatable bonds is 2. The zero-order valence-corrected chi connectivity index (χ0v) is 10.8. The van der Waals surface area contributed by atoms with Crippen LogP contribution in [-0.2, 0) is 10.0 Å². The standard InChI is InChI=1S/C9H18BrNO2S/c10-9-14(12,13)11-7-5-3-1-2-4-6-8-11/h1-9H2. The molecule has 1 aliphatic rings. The Labute approximate surface area is 95.0 Å². The summed E-state index contributed by atoms with van der Waals surface area (Å²) in [5.74, 6) is 0. The molecule has 0 spiro atoms. The maximum atomic E-state index is 11.6. The van der Waals surface area contributed by atoms with Crippen molar-refractivity contribution in [3.63, 3.8) is 0 Å². The van der Waals surface area contributed by atoms with Gasteiger partial charge >= 0.3 is 0 Å². The summed E-state index contributed by atoms with van der Waals surface area (Å²) in [6.45, 7) is 1.40. The molecule has 5 heteroatoms. The largest absolute Gasteiger partial charge is 0.224 e. The monoisotopic (exact) mass is 283 g/mol. The second-order valence-corrected chi connectivity index (χ2v) is 7.01. The third-order valence-corrected chi connectivity index (χ3v) is 5.76. The van der Waals surface area contributed by atoms with Crippen LogP contribution in [0, 0.1) is 0 Å². The van der Waals surface area contributed by atoms with E-state index >= 15 is 0 Å². The number of alkyl halides is 1. The molecule has 0 aromatic carbocycles. The van der Waals surface area contributed by atoms with Gasteiger partial charge in [-0.05, 0) is 12.8 Å². The van der Waals surface area contributed by atoms with Crippen molar-refractivity contribution >= 4 is 26.0 Å². The van der Waals surface area contributed by atoms with Crippen LogP contribution in [-0.4, -0.2) is 30.5 Å². The van der Waals surface area contributed by atoms with E-state index in [0.29, 0.717) is 13.1 Å². The van der Waals surface area contributed by atoms with Gasteiger partial charge in [0.05, 0.1) is 0 Å². The topological polar surface area (TPSA) is 37.4 Å². The van der Waals surface area contributed by atoms with Gasteiger partial charge in [-0.15, -0.1) is 0 Å². The Morgan fingerprint density at radius 1 is 0.929 bits per heavy atom. The van der Waals surface area contributed by atoms with Crippen molar-refractivity contribution in [1.29, 1.82) is 0 Å². The predicted molar refractivity (Wildman–Crippen MR) is 62.0 cm³/mol. The highest BCUT2D eigenvalue weighted by Crippen LogP contribution is 2.14. The van der Waals surface area contributed by atoms with Gasteiger partial charge in [0.15, 0.2) is 0 Å². The SMILES string of the molecule is O=S(=O)(CBr)N1CCCCCCCC1. The molecule has 1 aliphatic heterocycles. The molecule has 1 fully saturated rings. The van der Waals surface area contributed by atoms with Crippen molar-refractivity contribution in [1.82, 2.24) is 4.31 Å². The van der Waals surface area contributed by atoms with Crippen molar-refractivity contribution in [3.05, 3.63) is 0 Å². The summed E-state index contributed by atoms with van der Waals surface area (Å²) < 4.78 is 24.9. The van der Waals surface area contributed by atoms with Crippen LogP contribution < -0.4 is 0 Å². The van der Waals surface area contributed by atoms with Crippen molar-refractivity contribution in [2.45, 2.75) is 38.5 Å². The van der Waals surface area contributed by atoms with Crippen LogP contribution in [0.5, 0.6) is 0 Å². The first-order valence-corrected chi connectivity index (χ1v) is 7.93. The summed E-state index contributed by atoms with van der Waals surface area (Å²) in [6.07, 6.45) is 6.84. The van der Waals surface area contributed by atoms with E-state index in [9.17, 15) is 8.42 Å². The van der Waals surface area contributed by atoms with E-state index in [-0.39, 0.29) is 4.66 Å². The first-order chi connectivity index (χ1) is 6.67. The fraction of sp³-hybridized carbons (Fsp3) is 1.00. The fourth-order valence-corrected chi connectivity index (χ4v) is 3.56. The maximum absolute atomic E-state index is 11.6. The van der Waals surface area contributed by atoms with Crippen molar-refractivity contribution in [3.8, 4) is 0 Å². The first-order valence-electron chi connectivity index (χ1n) is 5.20. The number of nitrogens with zero attached hydrogens (tertiary/aromatic N) is 1. The van der Waals surface area contributed by atoms with Crippen LogP contribution in [0.1, 0.15) is 38.5 Å². The highest BCUT2D eigenvalue weighted by Gasteiger charge is 2.20. The smallest absolute Gasteiger partial charge is 0.211 e. The van der Waals surface area contributed by atoms with Gasteiger partial charge in [0.25, 0.3) is 0 Å². The second-order valence-electron chi connectivity index (χ2n) is 3.74. The van der Waals surface area contributed by atoms with E-state index in [1.54, 1.807) is 4.31 Å². The summed E-state index contributed by atoms with van der Waals surface area (Å²) in [6, 6.07) is 0. The van der Waals surface area contributed by atoms with E-state index in [2.05, 4.69) is 15.9 Å². The molecule has 1 rings (SSSR count). The number of sulfonamides is 1. The van der Waals surface area contributed by atoms with Crippen LogP contribution in [0.15, 0.2) is 0 Å². The Balaban J connectivity index is 2.56. The zero-order valence-electron chi connectivity index (χ0n) is 8.41. The lowest BCUT2D eigenvalue weighted by molar-refractivity contribution is 0.404. The van der Waals surface area contributed by atoms with E-state index in [1.165, 1.54) is 12.8 Å². The van der Waals surface area contributed by atoms with Gasteiger partial charge in [0, 0.05) is 13.1 Å². The minimum atomic E-state index is -3.03. The molecule has 1 saturated heterocycles. The fourth-order valence-electron chi connectivity index (χ4n) is 1.74. The molecule has 0 bridgehead atoms. The second kappa shape index (κ2) is 6.08. The number of hydrogen-bond donors (Lipinski definition) is 0. The van der Waals surface area contributed by atoms with Crippen molar-refractivity contribution in [2.75, 3.05) is 17.8 Å². The lowest BCUT2D eigenvalue weighted by Gasteiger charge is -2.19. The summed E-state index contributed by atoms with van der Waals surface area (Å²) in [5.41, 5.74) is 0. The van der Waals surface area contributed by atoms with Gasteiger partial charge in [-0.2, -0.15) is 0 Å². The van der Waals surface area contributed by atoms with Crippen LogP contribution in [0.4, 0.5) is 0 Å². The first kappa shape index (κ1) is 12.5. The molecule has 0 aromatic rings. The molecule has 0 aromatic heterocycles. The van der Waals surface area contributed by atoms with Gasteiger partial charge in [0.2, 0.25) is 10.0 Å². The van der Waals surface area contributed by atoms with Crippen LogP contribution >= 0.6 is 15.9 Å². The summed E-state index contributed by atoms with van der Waals surface area (Å²) in [4.78, 5) is 0. The Bertz CT molecular complexity index is 244. The quantitative estimate of drug-likeness (QED) is 0.730. The minimum absolute atomic E-state index is 0.0556. The average Bonchev–Trinajstić information content (AvgIpc) is 2.30. The third kappa shape index (κ3) is 3.87. The molecule has 0 radical (unpaired) electrons. The van der Waals surface area contributed by atoms with Gasteiger partial charge in [-0.25, -0.2) is 12.7 Å². The van der Waals surface area contributed by atoms with Crippen LogP contribution in [0.25, 0.3) is 0 Å². The summed E-state index contributed by atoms with van der Waals surface area (Å²) in [7, 11) is -3.03. The Morgan fingerprint density at radius 3 is 1.79 bits per heavy atom. The van der Waals surface area contributed by atoms with Crippen LogP contribution in [0.3, 0.4) is 0 Å². The molecule has 3 nitrogen and oxygen atoms in total. The maximum Gasteiger partial charge on any atom is 0.224 e. The third-order valence-electron chi connectivity index (χ3n) is 2.60.